The molecule has 1 aliphatic rings. The fourth-order valence-corrected chi connectivity index (χ4v) is 3.79. The molecule has 0 bridgehead atoms. The summed E-state index contributed by atoms with van der Waals surface area (Å²) in [5, 5.41) is 5.90. The van der Waals surface area contributed by atoms with Crippen LogP contribution in [-0.4, -0.2) is 40.8 Å². The number of hydrogen-bond acceptors (Lipinski definition) is 4. The van der Waals surface area contributed by atoms with Gasteiger partial charge in [0.05, 0.1) is 5.56 Å². The van der Waals surface area contributed by atoms with Crippen molar-refractivity contribution in [2.24, 2.45) is 0 Å². The van der Waals surface area contributed by atoms with Crippen molar-refractivity contribution >= 4 is 17.5 Å². The van der Waals surface area contributed by atoms with E-state index in [1.54, 1.807) is 42.6 Å². The number of carbonyl (C=O) groups is 2. The summed E-state index contributed by atoms with van der Waals surface area (Å²) in [5.74, 6) is -0.653. The van der Waals surface area contributed by atoms with Crippen LogP contribution in [0.3, 0.4) is 0 Å². The molecular formula is C25H25FN4O2. The third-order valence-electron chi connectivity index (χ3n) is 5.55. The number of halogens is 1. The molecule has 2 amide bonds. The molecule has 4 rings (SSSR count). The molecule has 0 radical (unpaired) electrons. The molecule has 1 fully saturated rings. The monoisotopic (exact) mass is 432 g/mol. The Balaban J connectivity index is 1.28. The number of rotatable bonds is 6. The van der Waals surface area contributed by atoms with Crippen LogP contribution in [-0.2, 0) is 6.54 Å². The largest absolute Gasteiger partial charge is 0.349 e. The number of amides is 2. The van der Waals surface area contributed by atoms with Gasteiger partial charge in [0.25, 0.3) is 11.8 Å². The lowest BCUT2D eigenvalue weighted by molar-refractivity contribution is 0.0908. The van der Waals surface area contributed by atoms with E-state index in [4.69, 9.17) is 0 Å². The Morgan fingerprint density at radius 1 is 0.969 bits per heavy atom. The highest BCUT2D eigenvalue weighted by molar-refractivity contribution is 6.04. The van der Waals surface area contributed by atoms with Crippen LogP contribution >= 0.6 is 0 Å². The quantitative estimate of drug-likeness (QED) is 0.620. The molecule has 0 spiro atoms. The predicted octanol–water partition coefficient (Wildman–Crippen LogP) is 3.87. The van der Waals surface area contributed by atoms with Crippen molar-refractivity contribution in [2.45, 2.75) is 25.4 Å². The van der Waals surface area contributed by atoms with E-state index in [1.807, 2.05) is 12.1 Å². The molecule has 3 aromatic rings. The molecule has 0 atom stereocenters. The maximum absolute atomic E-state index is 13.1. The summed E-state index contributed by atoms with van der Waals surface area (Å²) in [6, 6.07) is 17.0. The first-order valence-electron chi connectivity index (χ1n) is 10.7. The number of carbonyl (C=O) groups excluding carboxylic acids is 2. The predicted molar refractivity (Wildman–Crippen MR) is 121 cm³/mol. The van der Waals surface area contributed by atoms with Gasteiger partial charge in [-0.1, -0.05) is 18.2 Å². The second kappa shape index (κ2) is 10.2. The zero-order chi connectivity index (χ0) is 22.3. The number of anilines is 1. The van der Waals surface area contributed by atoms with Gasteiger partial charge in [-0.2, -0.15) is 0 Å². The van der Waals surface area contributed by atoms with Gasteiger partial charge < -0.3 is 10.6 Å². The van der Waals surface area contributed by atoms with Gasteiger partial charge in [-0.05, 0) is 60.9 Å². The van der Waals surface area contributed by atoms with Gasteiger partial charge in [0, 0.05) is 49.3 Å². The molecule has 2 heterocycles. The van der Waals surface area contributed by atoms with Crippen LogP contribution in [0.4, 0.5) is 10.1 Å². The average molecular weight is 432 g/mol. The minimum absolute atomic E-state index is 0.0978. The highest BCUT2D eigenvalue weighted by Crippen LogP contribution is 2.16. The molecule has 0 saturated carbocycles. The van der Waals surface area contributed by atoms with Crippen molar-refractivity contribution in [1.82, 2.24) is 15.2 Å². The molecule has 0 aliphatic carbocycles. The maximum atomic E-state index is 13.1. The number of pyridine rings is 1. The van der Waals surface area contributed by atoms with Crippen molar-refractivity contribution < 1.29 is 14.0 Å². The number of hydrogen-bond donors (Lipinski definition) is 2. The van der Waals surface area contributed by atoms with E-state index in [0.29, 0.717) is 16.8 Å². The van der Waals surface area contributed by atoms with E-state index in [0.717, 1.165) is 38.0 Å². The molecule has 32 heavy (non-hydrogen) atoms. The van der Waals surface area contributed by atoms with Crippen LogP contribution in [0.15, 0.2) is 73.1 Å². The summed E-state index contributed by atoms with van der Waals surface area (Å²) in [6.07, 6.45) is 4.80. The van der Waals surface area contributed by atoms with Gasteiger partial charge in [0.2, 0.25) is 0 Å². The SMILES string of the molecule is O=C(Nc1cccc(C(=O)NC2CCN(Cc3ccc(F)cc3)CC2)c1)c1cccnc1. The highest BCUT2D eigenvalue weighted by Gasteiger charge is 2.21. The molecule has 1 saturated heterocycles. The molecule has 2 N–H and O–H groups in total. The topological polar surface area (TPSA) is 74.3 Å². The van der Waals surface area contributed by atoms with E-state index in [-0.39, 0.29) is 23.7 Å². The van der Waals surface area contributed by atoms with E-state index in [1.165, 1.54) is 18.3 Å². The van der Waals surface area contributed by atoms with Gasteiger partial charge >= 0.3 is 0 Å². The minimum atomic E-state index is -0.274. The van der Waals surface area contributed by atoms with Gasteiger partial charge in [0.15, 0.2) is 0 Å². The Hall–Kier alpha value is -3.58. The lowest BCUT2D eigenvalue weighted by Crippen LogP contribution is -2.44. The molecule has 6 nitrogen and oxygen atoms in total. The van der Waals surface area contributed by atoms with Gasteiger partial charge in [-0.15, -0.1) is 0 Å². The molecular weight excluding hydrogens is 407 g/mol. The Bertz CT molecular complexity index is 1060. The smallest absolute Gasteiger partial charge is 0.257 e. The molecule has 2 aromatic carbocycles. The normalized spacial score (nSPS) is 14.7. The summed E-state index contributed by atoms with van der Waals surface area (Å²) >= 11 is 0. The van der Waals surface area contributed by atoms with Crippen molar-refractivity contribution in [3.05, 3.63) is 95.6 Å². The number of benzene rings is 2. The Kier molecular flexibility index (Phi) is 6.87. The zero-order valence-corrected chi connectivity index (χ0v) is 17.6. The second-order valence-corrected chi connectivity index (χ2v) is 7.93. The first kappa shape index (κ1) is 21.6. The summed E-state index contributed by atoms with van der Waals surface area (Å²) in [6.45, 7) is 2.51. The maximum Gasteiger partial charge on any atom is 0.257 e. The molecule has 164 valence electrons. The summed E-state index contributed by atoms with van der Waals surface area (Å²) in [4.78, 5) is 31.3. The van der Waals surface area contributed by atoms with Crippen molar-refractivity contribution in [3.8, 4) is 0 Å². The molecule has 0 unspecified atom stereocenters. The van der Waals surface area contributed by atoms with Crippen LogP contribution in [0.2, 0.25) is 0 Å². The van der Waals surface area contributed by atoms with Crippen LogP contribution in [0, 0.1) is 5.82 Å². The van der Waals surface area contributed by atoms with E-state index in [9.17, 15) is 14.0 Å². The van der Waals surface area contributed by atoms with E-state index in [2.05, 4.69) is 20.5 Å². The Morgan fingerprint density at radius 2 is 1.72 bits per heavy atom. The molecule has 1 aromatic heterocycles. The van der Waals surface area contributed by atoms with Crippen LogP contribution in [0.5, 0.6) is 0 Å². The lowest BCUT2D eigenvalue weighted by Gasteiger charge is -2.32. The van der Waals surface area contributed by atoms with E-state index < -0.39 is 0 Å². The standard InChI is InChI=1S/C25H25FN4O2/c26-21-8-6-18(7-9-21)17-30-13-10-22(11-14-30)28-24(31)19-3-1-5-23(15-19)29-25(32)20-4-2-12-27-16-20/h1-9,12,15-16,22H,10-11,13-14,17H2,(H,28,31)(H,29,32). The average Bonchev–Trinajstić information content (AvgIpc) is 2.82. The zero-order valence-electron chi connectivity index (χ0n) is 17.6. The van der Waals surface area contributed by atoms with Crippen molar-refractivity contribution in [3.63, 3.8) is 0 Å². The van der Waals surface area contributed by atoms with Crippen LogP contribution < -0.4 is 10.6 Å². The summed E-state index contributed by atoms with van der Waals surface area (Å²) in [7, 11) is 0. The van der Waals surface area contributed by atoms with Crippen molar-refractivity contribution in [1.29, 1.82) is 0 Å². The number of nitrogens with zero attached hydrogens (tertiary/aromatic N) is 2. The van der Waals surface area contributed by atoms with Gasteiger partial charge in [0.1, 0.15) is 5.82 Å². The number of aromatic nitrogens is 1. The Morgan fingerprint density at radius 3 is 2.44 bits per heavy atom. The van der Waals surface area contributed by atoms with Crippen molar-refractivity contribution in [2.75, 3.05) is 18.4 Å². The first-order valence-corrected chi connectivity index (χ1v) is 10.7. The molecule has 1 aliphatic heterocycles. The minimum Gasteiger partial charge on any atom is -0.349 e. The van der Waals surface area contributed by atoms with Gasteiger partial charge in [-0.25, -0.2) is 4.39 Å². The van der Waals surface area contributed by atoms with E-state index >= 15 is 0 Å². The summed E-state index contributed by atoms with van der Waals surface area (Å²) < 4.78 is 13.1. The highest BCUT2D eigenvalue weighted by atomic mass is 19.1. The number of piperidine rings is 1. The van der Waals surface area contributed by atoms with Gasteiger partial charge in [-0.3, -0.25) is 19.5 Å². The second-order valence-electron chi connectivity index (χ2n) is 7.93. The lowest BCUT2D eigenvalue weighted by atomic mass is 10.0. The fourth-order valence-electron chi connectivity index (χ4n) is 3.79. The molecule has 7 heteroatoms. The van der Waals surface area contributed by atoms with Crippen LogP contribution in [0.25, 0.3) is 0 Å². The fraction of sp³-hybridized carbons (Fsp3) is 0.240. The number of likely N-dealkylation sites (tertiary alicyclic amines) is 1. The number of nitrogens with one attached hydrogen (secondary N) is 2. The van der Waals surface area contributed by atoms with Crippen LogP contribution in [0.1, 0.15) is 39.1 Å². The first-order chi connectivity index (χ1) is 15.6. The Labute approximate surface area is 186 Å². The third kappa shape index (κ3) is 5.76. The third-order valence-corrected chi connectivity index (χ3v) is 5.55. The summed E-state index contributed by atoms with van der Waals surface area (Å²) in [5.41, 5.74) is 2.59.